The summed E-state index contributed by atoms with van der Waals surface area (Å²) >= 11 is 0. The van der Waals surface area contributed by atoms with E-state index in [2.05, 4.69) is 106 Å². The average Bonchev–Trinajstić information content (AvgIpc) is 3.60. The van der Waals surface area contributed by atoms with Crippen molar-refractivity contribution in [3.8, 4) is 11.4 Å². The molecule has 2 heterocycles. The van der Waals surface area contributed by atoms with Crippen molar-refractivity contribution in [3.05, 3.63) is 119 Å². The number of hydrogen-bond acceptors (Lipinski definition) is 0. The number of para-hydroxylation sites is 3. The van der Waals surface area contributed by atoms with Crippen LogP contribution in [0.15, 0.2) is 97.1 Å². The molecule has 0 atom stereocenters. The number of aromatic nitrogens is 2. The molecule has 0 unspecified atom stereocenters. The van der Waals surface area contributed by atoms with Gasteiger partial charge in [0.15, 0.2) is 0 Å². The van der Waals surface area contributed by atoms with Crippen LogP contribution in [0.4, 0.5) is 0 Å². The van der Waals surface area contributed by atoms with E-state index in [4.69, 9.17) is 0 Å². The summed E-state index contributed by atoms with van der Waals surface area (Å²) < 4.78 is 5.25. The van der Waals surface area contributed by atoms with Crippen LogP contribution < -0.4 is 0 Å². The summed E-state index contributed by atoms with van der Waals surface area (Å²) in [6.45, 7) is 0. The summed E-state index contributed by atoms with van der Waals surface area (Å²) in [4.78, 5) is 0. The molecule has 0 N–H and O–H groups in total. The fraction of sp³-hybridized carbons (Fsp3) is 0.286. The van der Waals surface area contributed by atoms with Crippen LogP contribution in [0.25, 0.3) is 55.0 Å². The fourth-order valence-corrected chi connectivity index (χ4v) is 10.4. The van der Waals surface area contributed by atoms with E-state index in [1.54, 1.807) is 27.9 Å². The molecule has 6 aliphatic carbocycles. The van der Waals surface area contributed by atoms with Crippen LogP contribution in [0, 0.1) is 0 Å². The second-order valence-electron chi connectivity index (χ2n) is 14.3. The molecule has 6 aliphatic rings. The second kappa shape index (κ2) is 8.66. The molecule has 7 aromatic rings. The topological polar surface area (TPSA) is 9.86 Å². The molecule has 2 heteroatoms. The number of hydrogen-bond donors (Lipinski definition) is 0. The monoisotopic (exact) mass is 568 g/mol. The lowest BCUT2D eigenvalue weighted by molar-refractivity contribution is 0.340. The molecule has 0 amide bonds. The molecule has 44 heavy (non-hydrogen) atoms. The van der Waals surface area contributed by atoms with Gasteiger partial charge in [0.25, 0.3) is 0 Å². The number of nitrogens with zero attached hydrogens (tertiary/aromatic N) is 2. The molecule has 2 aromatic heterocycles. The molecule has 2 saturated carbocycles. The lowest BCUT2D eigenvalue weighted by atomic mass is 9.60. The fourth-order valence-electron chi connectivity index (χ4n) is 10.4. The molecule has 0 spiro atoms. The van der Waals surface area contributed by atoms with Crippen molar-refractivity contribution in [1.29, 1.82) is 0 Å². The summed E-state index contributed by atoms with van der Waals surface area (Å²) in [6.07, 6.45) is 11.0. The van der Waals surface area contributed by atoms with Gasteiger partial charge in [0, 0.05) is 27.2 Å². The standard InChI is InChI=1S/C42H36N2/c1-2-8-29(9-3-1)43-36-12-6-4-10-30(36)34-24-39-35(23-38(34)43)31-11-5-7-13-37(31)44(39)42-40-27-18-14-25(15-19-27)32(40)22-33-26-16-20-28(21-17-26)41(33)42/h1-13,22-28H,14-21H2. The maximum atomic E-state index is 2.78. The first-order chi connectivity index (χ1) is 21.8. The molecule has 2 nitrogen and oxygen atoms in total. The second-order valence-corrected chi connectivity index (χ2v) is 14.3. The van der Waals surface area contributed by atoms with E-state index in [9.17, 15) is 0 Å². The van der Waals surface area contributed by atoms with Gasteiger partial charge in [-0.2, -0.15) is 0 Å². The highest BCUT2D eigenvalue weighted by Gasteiger charge is 2.42. The highest BCUT2D eigenvalue weighted by molar-refractivity contribution is 6.19. The van der Waals surface area contributed by atoms with Gasteiger partial charge in [-0.05, 0) is 134 Å². The number of benzene rings is 5. The Bertz CT molecular complexity index is 2250. The van der Waals surface area contributed by atoms with Crippen molar-refractivity contribution in [2.45, 2.75) is 75.0 Å². The molecule has 13 rings (SSSR count). The summed E-state index contributed by atoms with van der Waals surface area (Å²) in [5, 5.41) is 5.44. The third kappa shape index (κ3) is 3.02. The van der Waals surface area contributed by atoms with Gasteiger partial charge < -0.3 is 9.13 Å². The van der Waals surface area contributed by atoms with E-state index in [0.717, 1.165) is 11.8 Å². The van der Waals surface area contributed by atoms with Crippen molar-refractivity contribution in [3.63, 3.8) is 0 Å². The Morgan fingerprint density at radius 1 is 0.386 bits per heavy atom. The van der Waals surface area contributed by atoms with Crippen molar-refractivity contribution >= 4 is 43.6 Å². The van der Waals surface area contributed by atoms with Gasteiger partial charge >= 0.3 is 0 Å². The Labute approximate surface area is 257 Å². The Kier molecular flexibility index (Phi) is 4.74. The minimum absolute atomic E-state index is 0.704. The zero-order chi connectivity index (χ0) is 28.5. The van der Waals surface area contributed by atoms with Gasteiger partial charge in [0.2, 0.25) is 0 Å². The van der Waals surface area contributed by atoms with E-state index >= 15 is 0 Å². The number of rotatable bonds is 2. The van der Waals surface area contributed by atoms with Crippen LogP contribution in [0.1, 0.15) is 97.3 Å². The first-order valence-corrected chi connectivity index (χ1v) is 17.1. The molecule has 214 valence electrons. The average molecular weight is 569 g/mol. The lowest BCUT2D eigenvalue weighted by Crippen LogP contribution is -2.30. The van der Waals surface area contributed by atoms with Gasteiger partial charge in [0.1, 0.15) is 0 Å². The van der Waals surface area contributed by atoms with E-state index in [1.165, 1.54) is 101 Å². The van der Waals surface area contributed by atoms with Crippen LogP contribution in [0.2, 0.25) is 0 Å². The largest absolute Gasteiger partial charge is 0.309 e. The van der Waals surface area contributed by atoms with Crippen LogP contribution in [-0.2, 0) is 0 Å². The molecule has 2 fully saturated rings. The van der Waals surface area contributed by atoms with Gasteiger partial charge in [-0.15, -0.1) is 0 Å². The van der Waals surface area contributed by atoms with Crippen molar-refractivity contribution in [2.24, 2.45) is 0 Å². The van der Waals surface area contributed by atoms with Gasteiger partial charge in [-0.3, -0.25) is 0 Å². The third-order valence-electron chi connectivity index (χ3n) is 12.3. The maximum Gasteiger partial charge on any atom is 0.0549 e. The summed E-state index contributed by atoms with van der Waals surface area (Å²) in [5.74, 6) is 2.91. The quantitative estimate of drug-likeness (QED) is 0.196. The SMILES string of the molecule is c1ccc(-n2c3ccccc3c3cc4c(cc32)c2ccccc2n4-c2c3c(cc4c2C2CCC4CC2)C2CCC3CC2)cc1. The Morgan fingerprint density at radius 2 is 0.841 bits per heavy atom. The molecule has 0 aliphatic heterocycles. The first-order valence-electron chi connectivity index (χ1n) is 17.1. The molecular weight excluding hydrogens is 532 g/mol. The van der Waals surface area contributed by atoms with Gasteiger partial charge in [-0.1, -0.05) is 60.7 Å². The van der Waals surface area contributed by atoms with E-state index in [0.29, 0.717) is 11.8 Å². The van der Waals surface area contributed by atoms with Crippen LogP contribution in [-0.4, -0.2) is 9.13 Å². The van der Waals surface area contributed by atoms with Crippen molar-refractivity contribution < 1.29 is 0 Å². The predicted molar refractivity (Wildman–Crippen MR) is 183 cm³/mol. The van der Waals surface area contributed by atoms with Gasteiger partial charge in [-0.25, -0.2) is 0 Å². The van der Waals surface area contributed by atoms with Crippen molar-refractivity contribution in [2.75, 3.05) is 0 Å². The summed E-state index contributed by atoms with van der Waals surface area (Å²) in [7, 11) is 0. The zero-order valence-corrected chi connectivity index (χ0v) is 25.1. The lowest BCUT2D eigenvalue weighted by Gasteiger charge is -2.46. The number of fused-ring (bicyclic) bond motifs is 10. The highest BCUT2D eigenvalue weighted by Crippen LogP contribution is 2.59. The van der Waals surface area contributed by atoms with Crippen LogP contribution >= 0.6 is 0 Å². The van der Waals surface area contributed by atoms with E-state index < -0.39 is 0 Å². The van der Waals surface area contributed by atoms with Crippen molar-refractivity contribution in [1.82, 2.24) is 9.13 Å². The van der Waals surface area contributed by atoms with E-state index in [-0.39, 0.29) is 0 Å². The molecule has 0 radical (unpaired) electrons. The Morgan fingerprint density at radius 3 is 1.41 bits per heavy atom. The predicted octanol–water partition coefficient (Wildman–Crippen LogP) is 11.4. The maximum absolute atomic E-state index is 2.78. The zero-order valence-electron chi connectivity index (χ0n) is 25.1. The Balaban J connectivity index is 1.32. The smallest absolute Gasteiger partial charge is 0.0549 e. The minimum Gasteiger partial charge on any atom is -0.309 e. The van der Waals surface area contributed by atoms with Crippen LogP contribution in [0.5, 0.6) is 0 Å². The van der Waals surface area contributed by atoms with Crippen LogP contribution in [0.3, 0.4) is 0 Å². The molecular formula is C42H36N2. The summed E-state index contributed by atoms with van der Waals surface area (Å²) in [5.41, 5.74) is 15.1. The summed E-state index contributed by atoms with van der Waals surface area (Å²) in [6, 6.07) is 37.0. The first kappa shape index (κ1) is 24.1. The third-order valence-corrected chi connectivity index (χ3v) is 12.3. The normalized spacial score (nSPS) is 23.6. The molecule has 0 saturated heterocycles. The molecule has 4 bridgehead atoms. The van der Waals surface area contributed by atoms with E-state index in [1.807, 2.05) is 0 Å². The minimum atomic E-state index is 0.704. The van der Waals surface area contributed by atoms with Gasteiger partial charge in [0.05, 0.1) is 27.8 Å². The molecule has 5 aromatic carbocycles. The highest BCUT2D eigenvalue weighted by atomic mass is 15.0. The Hall–Kier alpha value is -4.30.